The van der Waals surface area contributed by atoms with Gasteiger partial charge in [0.2, 0.25) is 17.7 Å². The van der Waals surface area contributed by atoms with Crippen LogP contribution < -0.4 is 15.8 Å². The third-order valence-corrected chi connectivity index (χ3v) is 8.23. The number of rotatable bonds is 7. The molecule has 8 nitrogen and oxygen atoms in total. The molecule has 1 aromatic heterocycles. The molecule has 3 heterocycles. The lowest BCUT2D eigenvalue weighted by Gasteiger charge is -2.32. The van der Waals surface area contributed by atoms with Gasteiger partial charge in [-0.25, -0.2) is 4.98 Å². The number of aryl methyl sites for hydroxylation is 3. The van der Waals surface area contributed by atoms with E-state index in [2.05, 4.69) is 16.3 Å². The predicted octanol–water partition coefficient (Wildman–Crippen LogP) is 4.97. The number of carbonyl (C=O) groups is 1. The molecule has 0 atom stereocenters. The lowest BCUT2D eigenvalue weighted by Crippen LogP contribution is -2.39. The van der Waals surface area contributed by atoms with E-state index in [0.717, 1.165) is 84.1 Å². The number of thioether (sulfide) groups is 1. The molecule has 1 amide bonds. The Bertz CT molecular complexity index is 1370. The van der Waals surface area contributed by atoms with Gasteiger partial charge in [-0.1, -0.05) is 12.1 Å². The summed E-state index contributed by atoms with van der Waals surface area (Å²) in [6, 6.07) is 13.7. The summed E-state index contributed by atoms with van der Waals surface area (Å²) in [6.07, 6.45) is 3.92. The van der Waals surface area contributed by atoms with Gasteiger partial charge in [0.1, 0.15) is 5.75 Å². The Morgan fingerprint density at radius 2 is 1.97 bits per heavy atom. The molecule has 9 heteroatoms. The largest absolute Gasteiger partial charge is 0.437 e. The Morgan fingerprint density at radius 1 is 1.21 bits per heavy atom. The Labute approximate surface area is 227 Å². The molecule has 1 saturated heterocycles. The highest BCUT2D eigenvalue weighted by Crippen LogP contribution is 2.40. The molecule has 0 bridgehead atoms. The fraction of sp³-hybridized carbons (Fsp3) is 0.379. The molecule has 3 N–H and O–H groups in total. The van der Waals surface area contributed by atoms with Crippen LogP contribution in [0, 0.1) is 25.2 Å². The van der Waals surface area contributed by atoms with Gasteiger partial charge in [-0.2, -0.15) is 10.2 Å². The normalized spacial score (nSPS) is 15.9. The number of anilines is 1. The maximum atomic E-state index is 11.5. The first kappa shape index (κ1) is 26.0. The van der Waals surface area contributed by atoms with Gasteiger partial charge in [0.15, 0.2) is 0 Å². The van der Waals surface area contributed by atoms with Crippen LogP contribution in [-0.2, 0) is 13.0 Å². The second-order valence-corrected chi connectivity index (χ2v) is 11.1. The topological polar surface area (TPSA) is 117 Å². The summed E-state index contributed by atoms with van der Waals surface area (Å²) < 4.78 is 6.42. The molecule has 0 saturated carbocycles. The Balaban J connectivity index is 1.28. The van der Waals surface area contributed by atoms with Crippen LogP contribution in [0.3, 0.4) is 0 Å². The van der Waals surface area contributed by atoms with Gasteiger partial charge in [-0.3, -0.25) is 9.69 Å². The van der Waals surface area contributed by atoms with Crippen molar-refractivity contribution in [3.63, 3.8) is 0 Å². The quantitative estimate of drug-likeness (QED) is 0.441. The Hall–Kier alpha value is -3.61. The summed E-state index contributed by atoms with van der Waals surface area (Å²) in [5.41, 5.74) is 10.6. The van der Waals surface area contributed by atoms with Crippen molar-refractivity contribution in [1.29, 1.82) is 5.26 Å². The fourth-order valence-electron chi connectivity index (χ4n) is 5.11. The summed E-state index contributed by atoms with van der Waals surface area (Å²) in [7, 11) is 0. The number of likely N-dealkylation sites (tertiary alicyclic amines) is 1. The summed E-state index contributed by atoms with van der Waals surface area (Å²) in [5, 5.41) is 12.9. The molecule has 3 aromatic rings. The monoisotopic (exact) mass is 528 g/mol. The van der Waals surface area contributed by atoms with Gasteiger partial charge in [-0.15, -0.1) is 11.8 Å². The number of primary amides is 1. The van der Waals surface area contributed by atoms with Crippen LogP contribution in [0.5, 0.6) is 11.6 Å². The summed E-state index contributed by atoms with van der Waals surface area (Å²) in [4.78, 5) is 24.6. The van der Waals surface area contributed by atoms with Gasteiger partial charge in [0, 0.05) is 31.2 Å². The van der Waals surface area contributed by atoms with Crippen LogP contribution in [0.15, 0.2) is 41.3 Å². The van der Waals surface area contributed by atoms with E-state index in [0.29, 0.717) is 23.0 Å². The third kappa shape index (κ3) is 5.93. The third-order valence-electron chi connectivity index (χ3n) is 7.04. The first-order valence-electron chi connectivity index (χ1n) is 13.0. The van der Waals surface area contributed by atoms with E-state index in [1.165, 1.54) is 0 Å². The molecule has 0 aliphatic carbocycles. The molecule has 0 unspecified atom stereocenters. The van der Waals surface area contributed by atoms with Gasteiger partial charge in [0.05, 0.1) is 22.2 Å². The number of nitrogens with two attached hydrogens (primary N) is 1. The standard InChI is InChI=1S/C29H32N6O2S/c1-18-13-21(16-30)14-19(2)25(18)37-28-26-24(7-4-12-38-26)33-29(34-28)32-23-8-10-35(11-9-23)17-20-5-3-6-22(15-20)27(31)36/h3,5-6,13-15,23H,4,7-12,17H2,1-2H3,(H2,31,36)(H,32,33,34). The molecule has 2 aromatic carbocycles. The van der Waals surface area contributed by atoms with Crippen LogP contribution >= 0.6 is 11.8 Å². The van der Waals surface area contributed by atoms with Crippen LogP contribution in [-0.4, -0.2) is 45.7 Å². The molecule has 0 radical (unpaired) electrons. The number of amides is 1. The second-order valence-electron chi connectivity index (χ2n) is 9.99. The second kappa shape index (κ2) is 11.4. The van der Waals surface area contributed by atoms with Crippen molar-refractivity contribution in [2.75, 3.05) is 24.2 Å². The van der Waals surface area contributed by atoms with E-state index < -0.39 is 5.91 Å². The van der Waals surface area contributed by atoms with Crippen molar-refractivity contribution in [2.24, 2.45) is 5.73 Å². The number of nitrogens with zero attached hydrogens (tertiary/aromatic N) is 4. The van der Waals surface area contributed by atoms with E-state index in [1.54, 1.807) is 17.8 Å². The maximum Gasteiger partial charge on any atom is 0.248 e. The SMILES string of the molecule is Cc1cc(C#N)cc(C)c1Oc1nc(NC2CCN(Cc3cccc(C(N)=O)c3)CC2)nc2c1SCCC2. The predicted molar refractivity (Wildman–Crippen MR) is 149 cm³/mol. The van der Waals surface area contributed by atoms with Crippen LogP contribution in [0.25, 0.3) is 0 Å². The highest BCUT2D eigenvalue weighted by molar-refractivity contribution is 7.99. The Kier molecular flexibility index (Phi) is 7.82. The number of benzene rings is 2. The first-order chi connectivity index (χ1) is 18.4. The maximum absolute atomic E-state index is 11.5. The van der Waals surface area contributed by atoms with Crippen molar-refractivity contribution < 1.29 is 9.53 Å². The van der Waals surface area contributed by atoms with Crippen molar-refractivity contribution in [3.8, 4) is 17.7 Å². The van der Waals surface area contributed by atoms with E-state index in [1.807, 2.05) is 44.2 Å². The summed E-state index contributed by atoms with van der Waals surface area (Å²) >= 11 is 1.75. The molecule has 1 fully saturated rings. The number of hydrogen-bond acceptors (Lipinski definition) is 8. The number of piperidine rings is 1. The minimum absolute atomic E-state index is 0.267. The van der Waals surface area contributed by atoms with Crippen LogP contribution in [0.1, 0.15) is 57.6 Å². The number of nitrogens with one attached hydrogen (secondary N) is 1. The molecule has 5 rings (SSSR count). The molecule has 0 spiro atoms. The minimum Gasteiger partial charge on any atom is -0.437 e. The van der Waals surface area contributed by atoms with Gasteiger partial charge >= 0.3 is 0 Å². The average molecular weight is 529 g/mol. The molecular formula is C29H32N6O2S. The number of carbonyl (C=O) groups excluding carboxylic acids is 1. The van der Waals surface area contributed by atoms with E-state index >= 15 is 0 Å². The highest BCUT2D eigenvalue weighted by Gasteiger charge is 2.24. The lowest BCUT2D eigenvalue weighted by atomic mass is 10.0. The molecule has 2 aliphatic rings. The number of hydrogen-bond donors (Lipinski definition) is 2. The van der Waals surface area contributed by atoms with Gasteiger partial charge in [-0.05, 0) is 86.2 Å². The van der Waals surface area contributed by atoms with Crippen LogP contribution in [0.4, 0.5) is 5.95 Å². The first-order valence-corrected chi connectivity index (χ1v) is 14.0. The smallest absolute Gasteiger partial charge is 0.248 e. The highest BCUT2D eigenvalue weighted by atomic mass is 32.2. The number of fused-ring (bicyclic) bond motifs is 1. The molecule has 2 aliphatic heterocycles. The van der Waals surface area contributed by atoms with Crippen molar-refractivity contribution in [3.05, 3.63) is 69.9 Å². The number of aromatic nitrogens is 2. The van der Waals surface area contributed by atoms with Crippen LogP contribution in [0.2, 0.25) is 0 Å². The van der Waals surface area contributed by atoms with Crippen molar-refractivity contribution in [2.45, 2.75) is 57.0 Å². The Morgan fingerprint density at radius 3 is 2.68 bits per heavy atom. The fourth-order valence-corrected chi connectivity index (χ4v) is 6.13. The number of nitriles is 1. The zero-order chi connectivity index (χ0) is 26.6. The molecule has 196 valence electrons. The summed E-state index contributed by atoms with van der Waals surface area (Å²) in [6.45, 7) is 6.59. The van der Waals surface area contributed by atoms with Crippen molar-refractivity contribution >= 4 is 23.6 Å². The lowest BCUT2D eigenvalue weighted by molar-refractivity contribution is 0.1000. The zero-order valence-corrected chi connectivity index (χ0v) is 22.6. The number of ether oxygens (including phenoxy) is 1. The summed E-state index contributed by atoms with van der Waals surface area (Å²) in [5.74, 6) is 2.57. The average Bonchev–Trinajstić information content (AvgIpc) is 2.91. The minimum atomic E-state index is -0.397. The van der Waals surface area contributed by atoms with Gasteiger partial charge < -0.3 is 15.8 Å². The van der Waals surface area contributed by atoms with E-state index in [-0.39, 0.29) is 6.04 Å². The van der Waals surface area contributed by atoms with Gasteiger partial charge in [0.25, 0.3) is 0 Å². The molecular weight excluding hydrogens is 496 g/mol. The zero-order valence-electron chi connectivity index (χ0n) is 21.8. The van der Waals surface area contributed by atoms with E-state index in [9.17, 15) is 10.1 Å². The van der Waals surface area contributed by atoms with Crippen molar-refractivity contribution in [1.82, 2.24) is 14.9 Å². The molecule has 38 heavy (non-hydrogen) atoms. The van der Waals surface area contributed by atoms with E-state index in [4.69, 9.17) is 20.4 Å².